The van der Waals surface area contributed by atoms with Crippen LogP contribution in [-0.2, 0) is 9.47 Å². The standard InChI is InChI=1S/C22H22FN7O3/c1-12-19(13(2)33-28-12)20-21(32-20)25-14-3-4-16(23)15(9-14)17-11-30-22(26-17)24-10-18(27-30)29-5-7-31-8-6-29/h3-4,9-11,20-21,25H,5-8H2,1-2H3. The minimum absolute atomic E-state index is 0.146. The van der Waals surface area contributed by atoms with E-state index in [2.05, 4.69) is 30.4 Å². The number of benzene rings is 1. The third kappa shape index (κ3) is 3.68. The minimum Gasteiger partial charge on any atom is -0.378 e. The van der Waals surface area contributed by atoms with Crippen LogP contribution in [0.5, 0.6) is 0 Å². The molecule has 33 heavy (non-hydrogen) atoms. The summed E-state index contributed by atoms with van der Waals surface area (Å²) in [6.45, 7) is 6.56. The molecule has 1 N–H and O–H groups in total. The van der Waals surface area contributed by atoms with E-state index >= 15 is 0 Å². The summed E-state index contributed by atoms with van der Waals surface area (Å²) < 4.78 is 32.7. The van der Waals surface area contributed by atoms with Gasteiger partial charge in [-0.2, -0.15) is 0 Å². The smallest absolute Gasteiger partial charge is 0.251 e. The third-order valence-electron chi connectivity index (χ3n) is 5.93. The van der Waals surface area contributed by atoms with Crippen molar-refractivity contribution in [3.05, 3.63) is 53.4 Å². The van der Waals surface area contributed by atoms with Crippen molar-refractivity contribution in [1.29, 1.82) is 0 Å². The van der Waals surface area contributed by atoms with Crippen molar-refractivity contribution in [3.63, 3.8) is 0 Å². The van der Waals surface area contributed by atoms with Gasteiger partial charge < -0.3 is 24.2 Å². The number of hydrogen-bond acceptors (Lipinski definition) is 9. The molecule has 2 aliphatic rings. The number of rotatable bonds is 5. The normalized spacial score (nSPS) is 20.4. The fourth-order valence-electron chi connectivity index (χ4n) is 4.16. The van der Waals surface area contributed by atoms with Crippen LogP contribution in [0.1, 0.15) is 23.1 Å². The van der Waals surface area contributed by atoms with Crippen molar-refractivity contribution in [3.8, 4) is 11.3 Å². The average molecular weight is 451 g/mol. The predicted molar refractivity (Wildman–Crippen MR) is 116 cm³/mol. The summed E-state index contributed by atoms with van der Waals surface area (Å²) in [5.41, 5.74) is 3.29. The Balaban J connectivity index is 1.24. The third-order valence-corrected chi connectivity index (χ3v) is 5.93. The summed E-state index contributed by atoms with van der Waals surface area (Å²) in [7, 11) is 0. The summed E-state index contributed by atoms with van der Waals surface area (Å²) in [4.78, 5) is 11.0. The number of imidazole rings is 1. The fraction of sp³-hybridized carbons (Fsp3) is 0.364. The number of ether oxygens (including phenoxy) is 2. The molecule has 170 valence electrons. The fourth-order valence-corrected chi connectivity index (χ4v) is 4.16. The van der Waals surface area contributed by atoms with Crippen molar-refractivity contribution in [2.24, 2.45) is 0 Å². The topological polar surface area (TPSA) is 106 Å². The maximum Gasteiger partial charge on any atom is 0.251 e. The van der Waals surface area contributed by atoms with Crippen LogP contribution in [0.15, 0.2) is 35.1 Å². The molecule has 11 heteroatoms. The van der Waals surface area contributed by atoms with E-state index in [1.807, 2.05) is 13.8 Å². The Labute approximate surface area is 188 Å². The van der Waals surface area contributed by atoms with Gasteiger partial charge in [-0.1, -0.05) is 5.16 Å². The summed E-state index contributed by atoms with van der Waals surface area (Å²) in [6, 6.07) is 4.80. The van der Waals surface area contributed by atoms with Crippen LogP contribution < -0.4 is 10.2 Å². The Kier molecular flexibility index (Phi) is 4.73. The quantitative estimate of drug-likeness (QED) is 0.459. The van der Waals surface area contributed by atoms with E-state index in [-0.39, 0.29) is 18.1 Å². The molecule has 2 unspecified atom stereocenters. The van der Waals surface area contributed by atoms with E-state index in [0.717, 1.165) is 41.6 Å². The van der Waals surface area contributed by atoms with Crippen LogP contribution >= 0.6 is 0 Å². The number of aryl methyl sites for hydroxylation is 2. The molecule has 2 fully saturated rings. The second-order valence-corrected chi connectivity index (χ2v) is 8.14. The van der Waals surface area contributed by atoms with Crippen LogP contribution in [-0.4, -0.2) is 57.3 Å². The van der Waals surface area contributed by atoms with Gasteiger partial charge in [0.1, 0.15) is 17.7 Å². The van der Waals surface area contributed by atoms with E-state index in [9.17, 15) is 4.39 Å². The lowest BCUT2D eigenvalue weighted by Gasteiger charge is -2.27. The van der Waals surface area contributed by atoms with Crippen molar-refractivity contribution in [1.82, 2.24) is 24.7 Å². The Morgan fingerprint density at radius 1 is 1.18 bits per heavy atom. The summed E-state index contributed by atoms with van der Waals surface area (Å²) in [5.74, 6) is 1.50. The molecular weight excluding hydrogens is 429 g/mol. The van der Waals surface area contributed by atoms with Crippen LogP contribution in [0.25, 0.3) is 17.0 Å². The molecule has 0 bridgehead atoms. The lowest BCUT2D eigenvalue weighted by atomic mass is 10.1. The molecule has 6 rings (SSSR count). The number of nitrogens with one attached hydrogen (secondary N) is 1. The molecule has 0 amide bonds. The zero-order chi connectivity index (χ0) is 22.5. The average Bonchev–Trinajstić information content (AvgIpc) is 3.29. The molecule has 2 saturated heterocycles. The molecule has 2 atom stereocenters. The van der Waals surface area contributed by atoms with Gasteiger partial charge in [0.05, 0.1) is 42.6 Å². The van der Waals surface area contributed by atoms with E-state index < -0.39 is 0 Å². The number of fused-ring (bicyclic) bond motifs is 1. The molecule has 5 heterocycles. The maximum atomic E-state index is 14.7. The van der Waals surface area contributed by atoms with Crippen molar-refractivity contribution < 1.29 is 18.4 Å². The molecule has 0 saturated carbocycles. The highest BCUT2D eigenvalue weighted by atomic mass is 19.1. The largest absolute Gasteiger partial charge is 0.378 e. The van der Waals surface area contributed by atoms with E-state index in [4.69, 9.17) is 14.0 Å². The van der Waals surface area contributed by atoms with Crippen molar-refractivity contribution >= 4 is 17.3 Å². The summed E-state index contributed by atoms with van der Waals surface area (Å²) >= 11 is 0. The van der Waals surface area contributed by atoms with E-state index in [1.54, 1.807) is 29.0 Å². The van der Waals surface area contributed by atoms with Gasteiger partial charge in [-0.15, -0.1) is 5.10 Å². The first-order valence-corrected chi connectivity index (χ1v) is 10.8. The van der Waals surface area contributed by atoms with Gasteiger partial charge in [0.2, 0.25) is 0 Å². The highest BCUT2D eigenvalue weighted by molar-refractivity contribution is 5.67. The first-order chi connectivity index (χ1) is 16.1. The number of aromatic nitrogens is 5. The number of morpholine rings is 1. The first-order valence-electron chi connectivity index (χ1n) is 10.8. The number of halogens is 1. The molecule has 2 aliphatic heterocycles. The van der Waals surface area contributed by atoms with Gasteiger partial charge in [-0.3, -0.25) is 0 Å². The number of epoxide rings is 1. The Morgan fingerprint density at radius 2 is 2.03 bits per heavy atom. The Morgan fingerprint density at radius 3 is 2.82 bits per heavy atom. The zero-order valence-electron chi connectivity index (χ0n) is 18.2. The SMILES string of the molecule is Cc1noc(C)c1C1OC1Nc1ccc(F)c(-c2cn3nc(N4CCOCC4)cnc3n2)c1. The van der Waals surface area contributed by atoms with E-state index in [1.165, 1.54) is 6.07 Å². The second kappa shape index (κ2) is 7.78. The Bertz CT molecular complexity index is 1310. The van der Waals surface area contributed by atoms with Crippen molar-refractivity contribution in [2.45, 2.75) is 26.2 Å². The minimum atomic E-state index is -0.378. The molecule has 3 aromatic heterocycles. The van der Waals surface area contributed by atoms with Gasteiger partial charge >= 0.3 is 0 Å². The molecule has 1 aromatic carbocycles. The molecular formula is C22H22FN7O3. The molecule has 10 nitrogen and oxygen atoms in total. The predicted octanol–water partition coefficient (Wildman–Crippen LogP) is 2.88. The van der Waals surface area contributed by atoms with Crippen LogP contribution in [0.3, 0.4) is 0 Å². The zero-order valence-corrected chi connectivity index (χ0v) is 18.2. The number of anilines is 2. The highest BCUT2D eigenvalue weighted by Gasteiger charge is 2.44. The lowest BCUT2D eigenvalue weighted by Crippen LogP contribution is -2.37. The van der Waals surface area contributed by atoms with Crippen LogP contribution in [0.4, 0.5) is 15.9 Å². The number of hydrogen-bond donors (Lipinski definition) is 1. The molecule has 0 spiro atoms. The van der Waals surface area contributed by atoms with Crippen molar-refractivity contribution in [2.75, 3.05) is 36.5 Å². The second-order valence-electron chi connectivity index (χ2n) is 8.14. The summed E-state index contributed by atoms with van der Waals surface area (Å²) in [5, 5.41) is 11.9. The van der Waals surface area contributed by atoms with E-state index in [0.29, 0.717) is 30.2 Å². The van der Waals surface area contributed by atoms with Gasteiger partial charge in [-0.25, -0.2) is 18.9 Å². The lowest BCUT2D eigenvalue weighted by molar-refractivity contribution is 0.122. The molecule has 4 aromatic rings. The Hall–Kier alpha value is -3.57. The van der Waals surface area contributed by atoms with Gasteiger partial charge in [0, 0.05) is 24.3 Å². The highest BCUT2D eigenvalue weighted by Crippen LogP contribution is 2.42. The van der Waals surface area contributed by atoms with Gasteiger partial charge in [0.25, 0.3) is 5.78 Å². The molecule has 0 radical (unpaired) electrons. The van der Waals surface area contributed by atoms with Gasteiger partial charge in [0.15, 0.2) is 12.0 Å². The number of nitrogens with zero attached hydrogens (tertiary/aromatic N) is 6. The molecule has 0 aliphatic carbocycles. The first kappa shape index (κ1) is 20.1. The maximum absolute atomic E-state index is 14.7. The van der Waals surface area contributed by atoms with Crippen LogP contribution in [0, 0.1) is 19.7 Å². The van der Waals surface area contributed by atoms with Gasteiger partial charge in [-0.05, 0) is 32.0 Å². The summed E-state index contributed by atoms with van der Waals surface area (Å²) in [6.07, 6.45) is 2.99. The monoisotopic (exact) mass is 451 g/mol. The van der Waals surface area contributed by atoms with Crippen LogP contribution in [0.2, 0.25) is 0 Å².